The summed E-state index contributed by atoms with van der Waals surface area (Å²) in [5.74, 6) is -0.0945. The van der Waals surface area contributed by atoms with Gasteiger partial charge in [-0.25, -0.2) is 0 Å². The van der Waals surface area contributed by atoms with Gasteiger partial charge in [-0.05, 0) is 73.7 Å². The summed E-state index contributed by atoms with van der Waals surface area (Å²) >= 11 is 0. The Balaban J connectivity index is 1.83. The molecule has 24 heavy (non-hydrogen) atoms. The molecule has 2 aliphatic rings. The van der Waals surface area contributed by atoms with Gasteiger partial charge in [0.05, 0.1) is 11.4 Å². The second-order valence-corrected chi connectivity index (χ2v) is 6.89. The quantitative estimate of drug-likeness (QED) is 0.740. The van der Waals surface area contributed by atoms with Crippen LogP contribution in [0.2, 0.25) is 0 Å². The van der Waals surface area contributed by atoms with Crippen LogP contribution in [-0.4, -0.2) is 11.6 Å². The Hall–Kier alpha value is -2.68. The maximum Gasteiger partial charge on any atom is 0.211 e. The first-order chi connectivity index (χ1) is 11.4. The van der Waals surface area contributed by atoms with Crippen molar-refractivity contribution in [1.29, 1.82) is 0 Å². The number of allylic oxidation sites excluding steroid dienone is 2. The molecule has 0 unspecified atom stereocenters. The minimum atomic E-state index is -0.0716. The summed E-state index contributed by atoms with van der Waals surface area (Å²) in [6, 6.07) is 7.91. The van der Waals surface area contributed by atoms with Gasteiger partial charge < -0.3 is 5.32 Å². The number of carbonyl (C=O) groups is 2. The topological polar surface area (TPSA) is 46.2 Å². The maximum absolute atomic E-state index is 12.8. The average Bonchev–Trinajstić information content (AvgIpc) is 3.00. The van der Waals surface area contributed by atoms with Crippen LogP contribution >= 0.6 is 0 Å². The molecule has 1 aliphatic carbocycles. The third kappa shape index (κ3) is 1.97. The van der Waals surface area contributed by atoms with Crippen molar-refractivity contribution in [1.82, 2.24) is 0 Å². The summed E-state index contributed by atoms with van der Waals surface area (Å²) in [4.78, 5) is 25.6. The Morgan fingerprint density at radius 1 is 0.750 bits per heavy atom. The van der Waals surface area contributed by atoms with Gasteiger partial charge in [0, 0.05) is 23.1 Å². The normalized spacial score (nSPS) is 18.7. The Bertz CT molecular complexity index is 900. The van der Waals surface area contributed by atoms with Gasteiger partial charge >= 0.3 is 0 Å². The van der Waals surface area contributed by atoms with Crippen molar-refractivity contribution in [2.45, 2.75) is 34.1 Å². The number of carbonyl (C=O) groups excluding carboxylic acids is 2. The van der Waals surface area contributed by atoms with Crippen LogP contribution in [0.5, 0.6) is 0 Å². The first kappa shape index (κ1) is 14.9. The van der Waals surface area contributed by atoms with Crippen molar-refractivity contribution >= 4 is 17.3 Å². The largest absolute Gasteiger partial charge is 0.351 e. The fourth-order valence-electron chi connectivity index (χ4n) is 3.51. The third-order valence-corrected chi connectivity index (χ3v) is 5.27. The average molecular weight is 317 g/mol. The second kappa shape index (κ2) is 4.91. The van der Waals surface area contributed by atoms with Crippen molar-refractivity contribution in [2.75, 3.05) is 5.32 Å². The lowest BCUT2D eigenvalue weighted by Gasteiger charge is -2.04. The number of fused-ring (bicyclic) bond motifs is 2. The number of nitrogens with one attached hydrogen (secondary N) is 1. The molecule has 1 heterocycles. The molecular weight excluding hydrogens is 298 g/mol. The molecule has 120 valence electrons. The lowest BCUT2D eigenvalue weighted by atomic mass is 10.0. The Morgan fingerprint density at radius 3 is 2.04 bits per heavy atom. The maximum atomic E-state index is 12.8. The van der Waals surface area contributed by atoms with E-state index in [9.17, 15) is 9.59 Å². The molecular formula is C21H19NO2. The number of benzene rings is 2. The van der Waals surface area contributed by atoms with Crippen molar-refractivity contribution in [3.05, 3.63) is 74.5 Å². The molecule has 1 aliphatic heterocycles. The van der Waals surface area contributed by atoms with E-state index in [0.717, 1.165) is 33.5 Å². The van der Waals surface area contributed by atoms with Gasteiger partial charge in [0.25, 0.3) is 0 Å². The molecule has 0 spiro atoms. The zero-order chi connectivity index (χ0) is 17.2. The van der Waals surface area contributed by atoms with Crippen molar-refractivity contribution in [3.63, 3.8) is 0 Å². The molecule has 0 saturated carbocycles. The number of Topliss-reactive ketones (excluding diaryl/α,β-unsaturated/α-hetero) is 2. The van der Waals surface area contributed by atoms with Crippen molar-refractivity contribution < 1.29 is 9.59 Å². The van der Waals surface area contributed by atoms with E-state index in [2.05, 4.69) is 11.4 Å². The molecule has 0 aromatic heterocycles. The number of hydrogen-bond acceptors (Lipinski definition) is 3. The third-order valence-electron chi connectivity index (χ3n) is 5.27. The zero-order valence-corrected chi connectivity index (χ0v) is 14.3. The summed E-state index contributed by atoms with van der Waals surface area (Å²) in [5.41, 5.74) is 8.76. The Kier molecular flexibility index (Phi) is 3.04. The molecule has 1 N–H and O–H groups in total. The molecule has 4 rings (SSSR count). The molecule has 0 saturated heterocycles. The highest BCUT2D eigenvalue weighted by atomic mass is 16.1. The highest BCUT2D eigenvalue weighted by molar-refractivity contribution is 6.25. The minimum absolute atomic E-state index is 0.0230. The monoisotopic (exact) mass is 317 g/mol. The predicted molar refractivity (Wildman–Crippen MR) is 94.8 cm³/mol. The van der Waals surface area contributed by atoms with Gasteiger partial charge in [0.2, 0.25) is 5.78 Å². The summed E-state index contributed by atoms with van der Waals surface area (Å²) in [7, 11) is 0. The van der Waals surface area contributed by atoms with E-state index in [0.29, 0.717) is 23.3 Å². The zero-order valence-electron chi connectivity index (χ0n) is 14.3. The molecule has 2 aromatic rings. The van der Waals surface area contributed by atoms with E-state index in [1.807, 2.05) is 45.9 Å². The molecule has 3 heteroatoms. The van der Waals surface area contributed by atoms with Crippen LogP contribution in [0, 0.1) is 27.7 Å². The van der Waals surface area contributed by atoms with Crippen LogP contribution in [0.25, 0.3) is 0 Å². The van der Waals surface area contributed by atoms with E-state index in [-0.39, 0.29) is 11.6 Å². The number of ketones is 2. The lowest BCUT2D eigenvalue weighted by molar-refractivity contribution is 0.101. The minimum Gasteiger partial charge on any atom is -0.351 e. The molecule has 0 fully saturated rings. The second-order valence-electron chi connectivity index (χ2n) is 6.89. The van der Waals surface area contributed by atoms with Gasteiger partial charge in [0.15, 0.2) is 5.78 Å². The van der Waals surface area contributed by atoms with Gasteiger partial charge in [-0.3, -0.25) is 9.59 Å². The number of hydrogen-bond donors (Lipinski definition) is 1. The Morgan fingerprint density at radius 2 is 1.33 bits per heavy atom. The van der Waals surface area contributed by atoms with Crippen LogP contribution < -0.4 is 5.32 Å². The first-order valence-corrected chi connectivity index (χ1v) is 8.17. The van der Waals surface area contributed by atoms with Crippen LogP contribution in [0.4, 0.5) is 5.69 Å². The van der Waals surface area contributed by atoms with Crippen LogP contribution in [0.3, 0.4) is 0 Å². The smallest absolute Gasteiger partial charge is 0.211 e. The number of aryl methyl sites for hydroxylation is 4. The summed E-state index contributed by atoms with van der Waals surface area (Å²) in [6.45, 7) is 8.07. The standard InChI is InChI=1S/C21H19NO2/c1-10-5-14-9-17(20(23)15(14)6-11(10)2)19-21(24)16-7-12(3)13(4)8-18(16)22-19/h5-8,22H,9H2,1-4H3/b19-17-. The van der Waals surface area contributed by atoms with Crippen LogP contribution in [0.15, 0.2) is 35.5 Å². The molecule has 0 bridgehead atoms. The lowest BCUT2D eigenvalue weighted by Crippen LogP contribution is -2.09. The van der Waals surface area contributed by atoms with Gasteiger partial charge in [-0.2, -0.15) is 0 Å². The van der Waals surface area contributed by atoms with Gasteiger partial charge in [-0.15, -0.1) is 0 Å². The fraction of sp³-hybridized carbons (Fsp3) is 0.238. The molecule has 0 radical (unpaired) electrons. The van der Waals surface area contributed by atoms with Crippen LogP contribution in [0.1, 0.15) is 48.5 Å². The number of rotatable bonds is 0. The molecule has 0 atom stereocenters. The Labute approximate surface area is 141 Å². The SMILES string of the molecule is Cc1cc2c(cc1C)C(=O)/C(=C1\Nc3cc(C)c(C)cc3C1=O)C2. The summed E-state index contributed by atoms with van der Waals surface area (Å²) < 4.78 is 0. The van der Waals surface area contributed by atoms with Crippen molar-refractivity contribution in [2.24, 2.45) is 0 Å². The van der Waals surface area contributed by atoms with Crippen LogP contribution in [-0.2, 0) is 6.42 Å². The van der Waals surface area contributed by atoms with E-state index in [1.165, 1.54) is 5.56 Å². The van der Waals surface area contributed by atoms with E-state index < -0.39 is 0 Å². The molecule has 0 amide bonds. The van der Waals surface area contributed by atoms with E-state index >= 15 is 0 Å². The predicted octanol–water partition coefficient (Wildman–Crippen LogP) is 4.22. The summed E-state index contributed by atoms with van der Waals surface area (Å²) in [6.07, 6.45) is 0.523. The molecule has 3 nitrogen and oxygen atoms in total. The van der Waals surface area contributed by atoms with E-state index in [4.69, 9.17) is 0 Å². The van der Waals surface area contributed by atoms with Gasteiger partial charge in [0.1, 0.15) is 0 Å². The number of anilines is 1. The fourth-order valence-corrected chi connectivity index (χ4v) is 3.51. The summed E-state index contributed by atoms with van der Waals surface area (Å²) in [5, 5.41) is 3.20. The molecule has 2 aromatic carbocycles. The first-order valence-electron chi connectivity index (χ1n) is 8.17. The van der Waals surface area contributed by atoms with Crippen molar-refractivity contribution in [3.8, 4) is 0 Å². The van der Waals surface area contributed by atoms with E-state index in [1.54, 1.807) is 0 Å². The highest BCUT2D eigenvalue weighted by Crippen LogP contribution is 2.37. The highest BCUT2D eigenvalue weighted by Gasteiger charge is 2.35. The van der Waals surface area contributed by atoms with Gasteiger partial charge in [-0.1, -0.05) is 6.07 Å².